The van der Waals surface area contributed by atoms with Gasteiger partial charge in [-0.25, -0.2) is 4.98 Å². The summed E-state index contributed by atoms with van der Waals surface area (Å²) >= 11 is 1.72. The van der Waals surface area contributed by atoms with Crippen LogP contribution in [0.4, 0.5) is 0 Å². The lowest BCUT2D eigenvalue weighted by Crippen LogP contribution is -2.47. The first-order valence-corrected chi connectivity index (χ1v) is 11.4. The summed E-state index contributed by atoms with van der Waals surface area (Å²) in [5, 5.41) is 10.2. The molecule has 0 spiro atoms. The number of carboxylic acid groups (broad SMARTS) is 1. The molecule has 4 rings (SSSR count). The smallest absolute Gasteiger partial charge is 0.290 e. The SMILES string of the molecule is Cc1nc(C2(c3ccccc3)CCN(C(=O)CC3CCCN3C)CC2)cs1.O=CO. The number of piperidine rings is 1. The molecule has 1 aromatic carbocycles. The number of nitrogens with zero attached hydrogens (tertiary/aromatic N) is 3. The standard InChI is InChI=1S/C22H29N3OS.CH2O2/c1-17-23-20(16-27-17)22(18-7-4-3-5-8-18)10-13-25(14-11-22)21(26)15-19-9-6-12-24(19)2;2-1-3/h3-5,7-8,16,19H,6,9-15H2,1-2H3;1H,(H,2,3). The van der Waals surface area contributed by atoms with Crippen LogP contribution in [0.5, 0.6) is 0 Å². The maximum absolute atomic E-state index is 12.9. The van der Waals surface area contributed by atoms with Gasteiger partial charge in [0.15, 0.2) is 0 Å². The Morgan fingerprint density at radius 2 is 1.93 bits per heavy atom. The first kappa shape index (κ1) is 22.4. The van der Waals surface area contributed by atoms with Crippen molar-refractivity contribution in [3.63, 3.8) is 0 Å². The minimum atomic E-state index is -0.250. The van der Waals surface area contributed by atoms with Crippen LogP contribution >= 0.6 is 11.3 Å². The third-order valence-corrected chi connectivity index (χ3v) is 7.26. The van der Waals surface area contributed by atoms with E-state index >= 15 is 0 Å². The molecule has 6 nitrogen and oxygen atoms in total. The molecule has 1 amide bonds. The summed E-state index contributed by atoms with van der Waals surface area (Å²) in [6.07, 6.45) is 4.94. The Labute approximate surface area is 182 Å². The Bertz CT molecular complexity index is 831. The first-order valence-electron chi connectivity index (χ1n) is 10.5. The molecule has 30 heavy (non-hydrogen) atoms. The van der Waals surface area contributed by atoms with Crippen LogP contribution in [0.25, 0.3) is 0 Å². The summed E-state index contributed by atoms with van der Waals surface area (Å²) in [6, 6.07) is 11.2. The normalized spacial score (nSPS) is 21.0. The minimum Gasteiger partial charge on any atom is -0.483 e. The van der Waals surface area contributed by atoms with Gasteiger partial charge < -0.3 is 14.9 Å². The third-order valence-electron chi connectivity index (χ3n) is 6.49. The summed E-state index contributed by atoms with van der Waals surface area (Å²) in [6.45, 7) is 4.59. The molecule has 1 unspecified atom stereocenters. The van der Waals surface area contributed by atoms with E-state index in [-0.39, 0.29) is 11.9 Å². The van der Waals surface area contributed by atoms with E-state index in [1.165, 1.54) is 17.7 Å². The Kier molecular flexibility index (Phi) is 7.61. The minimum absolute atomic E-state index is 0.0625. The maximum Gasteiger partial charge on any atom is 0.290 e. The molecule has 2 aliphatic heterocycles. The Balaban J connectivity index is 0.000000806. The van der Waals surface area contributed by atoms with E-state index in [2.05, 4.69) is 59.5 Å². The van der Waals surface area contributed by atoms with Crippen molar-refractivity contribution >= 4 is 23.7 Å². The lowest BCUT2D eigenvalue weighted by atomic mass is 9.70. The van der Waals surface area contributed by atoms with Gasteiger partial charge in [0.2, 0.25) is 5.91 Å². The highest BCUT2D eigenvalue weighted by molar-refractivity contribution is 7.09. The Morgan fingerprint density at radius 3 is 2.47 bits per heavy atom. The van der Waals surface area contributed by atoms with Crippen LogP contribution in [-0.2, 0) is 15.0 Å². The van der Waals surface area contributed by atoms with E-state index in [0.29, 0.717) is 18.4 Å². The van der Waals surface area contributed by atoms with Gasteiger partial charge in [0.05, 0.1) is 10.7 Å². The van der Waals surface area contributed by atoms with Crippen LogP contribution < -0.4 is 0 Å². The fraction of sp³-hybridized carbons (Fsp3) is 0.522. The topological polar surface area (TPSA) is 73.7 Å². The van der Waals surface area contributed by atoms with Crippen LogP contribution in [0.3, 0.4) is 0 Å². The van der Waals surface area contributed by atoms with Gasteiger partial charge in [0.1, 0.15) is 0 Å². The zero-order valence-corrected chi connectivity index (χ0v) is 18.6. The molecule has 1 aromatic heterocycles. The molecule has 1 N–H and O–H groups in total. The van der Waals surface area contributed by atoms with Gasteiger partial charge in [0, 0.05) is 36.3 Å². The van der Waals surface area contributed by atoms with Crippen LogP contribution in [-0.4, -0.2) is 65.0 Å². The van der Waals surface area contributed by atoms with Crippen molar-refractivity contribution < 1.29 is 14.7 Å². The molecule has 0 bridgehead atoms. The van der Waals surface area contributed by atoms with E-state index in [1.54, 1.807) is 11.3 Å². The highest BCUT2D eigenvalue weighted by Crippen LogP contribution is 2.42. The summed E-state index contributed by atoms with van der Waals surface area (Å²) in [5.41, 5.74) is 2.45. The second-order valence-corrected chi connectivity index (χ2v) is 9.23. The average molecular weight is 430 g/mol. The number of benzene rings is 1. The number of carbonyl (C=O) groups is 2. The summed E-state index contributed by atoms with van der Waals surface area (Å²) in [7, 11) is 2.14. The van der Waals surface area contributed by atoms with Gasteiger partial charge in [-0.2, -0.15) is 0 Å². The van der Waals surface area contributed by atoms with Crippen molar-refractivity contribution in [2.75, 3.05) is 26.7 Å². The number of likely N-dealkylation sites (tertiary alicyclic amines) is 2. The number of aryl methyl sites for hydroxylation is 1. The maximum atomic E-state index is 12.9. The molecule has 162 valence electrons. The molecular weight excluding hydrogens is 398 g/mol. The molecule has 2 aliphatic rings. The van der Waals surface area contributed by atoms with E-state index in [1.807, 2.05) is 0 Å². The van der Waals surface area contributed by atoms with Crippen LogP contribution in [0.2, 0.25) is 0 Å². The number of hydrogen-bond donors (Lipinski definition) is 1. The van der Waals surface area contributed by atoms with Crippen LogP contribution in [0.1, 0.15) is 48.4 Å². The van der Waals surface area contributed by atoms with Gasteiger partial charge in [0.25, 0.3) is 6.47 Å². The second-order valence-electron chi connectivity index (χ2n) is 8.17. The van der Waals surface area contributed by atoms with Gasteiger partial charge >= 0.3 is 0 Å². The summed E-state index contributed by atoms with van der Waals surface area (Å²) < 4.78 is 0. The monoisotopic (exact) mass is 429 g/mol. The van der Waals surface area contributed by atoms with Crippen molar-refractivity contribution in [3.05, 3.63) is 52.0 Å². The van der Waals surface area contributed by atoms with Gasteiger partial charge in [-0.05, 0) is 51.8 Å². The highest BCUT2D eigenvalue weighted by atomic mass is 32.1. The predicted octanol–water partition coefficient (Wildman–Crippen LogP) is 3.55. The molecule has 2 aromatic rings. The number of amides is 1. The van der Waals surface area contributed by atoms with E-state index < -0.39 is 0 Å². The molecule has 0 saturated carbocycles. The molecule has 0 aliphatic carbocycles. The molecule has 2 fully saturated rings. The van der Waals surface area contributed by atoms with Crippen LogP contribution in [0.15, 0.2) is 35.7 Å². The summed E-state index contributed by atoms with van der Waals surface area (Å²) in [5.74, 6) is 0.324. The van der Waals surface area contributed by atoms with E-state index in [4.69, 9.17) is 14.9 Å². The predicted molar refractivity (Wildman–Crippen MR) is 119 cm³/mol. The Morgan fingerprint density at radius 1 is 1.27 bits per heavy atom. The van der Waals surface area contributed by atoms with Crippen molar-refractivity contribution in [1.29, 1.82) is 0 Å². The fourth-order valence-electron chi connectivity index (χ4n) is 4.74. The second kappa shape index (κ2) is 10.2. The molecule has 2 saturated heterocycles. The zero-order chi connectivity index (χ0) is 21.6. The largest absolute Gasteiger partial charge is 0.483 e. The summed E-state index contributed by atoms with van der Waals surface area (Å²) in [4.78, 5) is 30.5. The van der Waals surface area contributed by atoms with Crippen molar-refractivity contribution in [1.82, 2.24) is 14.8 Å². The fourth-order valence-corrected chi connectivity index (χ4v) is 5.45. The Hall–Kier alpha value is -2.25. The number of thiazole rings is 1. The van der Waals surface area contributed by atoms with Gasteiger partial charge in [-0.1, -0.05) is 30.3 Å². The molecule has 0 radical (unpaired) electrons. The van der Waals surface area contributed by atoms with E-state index in [0.717, 1.165) is 43.9 Å². The number of carbonyl (C=O) groups excluding carboxylic acids is 1. The van der Waals surface area contributed by atoms with Gasteiger partial charge in [-0.3, -0.25) is 9.59 Å². The molecule has 7 heteroatoms. The van der Waals surface area contributed by atoms with Gasteiger partial charge in [-0.15, -0.1) is 11.3 Å². The van der Waals surface area contributed by atoms with Crippen molar-refractivity contribution in [2.45, 2.75) is 50.5 Å². The lowest BCUT2D eigenvalue weighted by molar-refractivity contribution is -0.133. The van der Waals surface area contributed by atoms with Crippen molar-refractivity contribution in [2.24, 2.45) is 0 Å². The highest BCUT2D eigenvalue weighted by Gasteiger charge is 2.41. The zero-order valence-electron chi connectivity index (χ0n) is 17.8. The average Bonchev–Trinajstić information content (AvgIpc) is 3.38. The first-order chi connectivity index (χ1) is 14.5. The number of hydrogen-bond acceptors (Lipinski definition) is 5. The number of rotatable bonds is 4. The number of aromatic nitrogens is 1. The van der Waals surface area contributed by atoms with Crippen molar-refractivity contribution in [3.8, 4) is 0 Å². The third kappa shape index (κ3) is 4.90. The van der Waals surface area contributed by atoms with Crippen LogP contribution in [0, 0.1) is 6.92 Å². The molecular formula is C23H31N3O3S. The lowest BCUT2D eigenvalue weighted by Gasteiger charge is -2.42. The van der Waals surface area contributed by atoms with E-state index in [9.17, 15) is 4.79 Å². The molecule has 1 atom stereocenters. The molecule has 3 heterocycles. The quantitative estimate of drug-likeness (QED) is 0.753.